The predicted octanol–water partition coefficient (Wildman–Crippen LogP) is 5.42. The van der Waals surface area contributed by atoms with Crippen molar-refractivity contribution in [1.29, 1.82) is 0 Å². The van der Waals surface area contributed by atoms with Crippen LogP contribution in [0.4, 0.5) is 0 Å². The van der Waals surface area contributed by atoms with Gasteiger partial charge in [-0.25, -0.2) is 4.79 Å². The van der Waals surface area contributed by atoms with Gasteiger partial charge in [-0.05, 0) is 12.8 Å². The van der Waals surface area contributed by atoms with Crippen LogP contribution in [0.15, 0.2) is 0 Å². The molecule has 0 unspecified atom stereocenters. The lowest BCUT2D eigenvalue weighted by atomic mass is 10.0. The number of aliphatic carboxylic acids is 1. The molecule has 0 aromatic heterocycles. The molecule has 176 valence electrons. The van der Waals surface area contributed by atoms with Gasteiger partial charge in [-0.1, -0.05) is 97.3 Å². The molecule has 6 heteroatoms. The van der Waals surface area contributed by atoms with Gasteiger partial charge < -0.3 is 15.2 Å². The molecule has 0 heterocycles. The standard InChI is InChI=1S/C24H45NO5/c1-3-5-7-8-9-10-11-12-13-14-15-16-18-22(26)24(29)25-21(17-6-4-2)19-30-20-23(27)28/h21H,3-20H2,1-2H3,(H,25,29)(H,27,28)/t21-/m0/s1. The van der Waals surface area contributed by atoms with Gasteiger partial charge in [0.05, 0.1) is 12.6 Å². The van der Waals surface area contributed by atoms with E-state index in [4.69, 9.17) is 9.84 Å². The molecule has 0 saturated carbocycles. The smallest absolute Gasteiger partial charge is 0.329 e. The van der Waals surface area contributed by atoms with Crippen molar-refractivity contribution in [2.45, 2.75) is 123 Å². The number of ketones is 1. The van der Waals surface area contributed by atoms with E-state index >= 15 is 0 Å². The van der Waals surface area contributed by atoms with Crippen LogP contribution in [0.5, 0.6) is 0 Å². The van der Waals surface area contributed by atoms with E-state index in [-0.39, 0.29) is 24.9 Å². The number of hydrogen-bond acceptors (Lipinski definition) is 4. The Morgan fingerprint density at radius 2 is 1.27 bits per heavy atom. The summed E-state index contributed by atoms with van der Waals surface area (Å²) >= 11 is 0. The number of unbranched alkanes of at least 4 members (excludes halogenated alkanes) is 12. The second-order valence-electron chi connectivity index (χ2n) is 8.28. The van der Waals surface area contributed by atoms with E-state index in [1.807, 2.05) is 6.92 Å². The van der Waals surface area contributed by atoms with Crippen LogP contribution in [0.3, 0.4) is 0 Å². The molecule has 0 rings (SSSR count). The third kappa shape index (κ3) is 18.6. The fraction of sp³-hybridized carbons (Fsp3) is 0.875. The number of carbonyl (C=O) groups is 3. The Bertz CT molecular complexity index is 453. The summed E-state index contributed by atoms with van der Waals surface area (Å²) in [7, 11) is 0. The lowest BCUT2D eigenvalue weighted by Gasteiger charge is -2.17. The summed E-state index contributed by atoms with van der Waals surface area (Å²) in [5.41, 5.74) is 0. The molecule has 1 atom stereocenters. The SMILES string of the molecule is CCCCCCCCCCCCCCC(=O)C(=O)N[C@@H](CCCC)COCC(=O)O. The molecule has 0 spiro atoms. The number of carboxylic acid groups (broad SMARTS) is 1. The molecular formula is C24H45NO5. The number of hydrogen-bond donors (Lipinski definition) is 2. The first-order chi connectivity index (χ1) is 14.5. The van der Waals surface area contributed by atoms with Crippen molar-refractivity contribution in [3.05, 3.63) is 0 Å². The highest BCUT2D eigenvalue weighted by atomic mass is 16.5. The Balaban J connectivity index is 3.79. The summed E-state index contributed by atoms with van der Waals surface area (Å²) in [5, 5.41) is 11.4. The van der Waals surface area contributed by atoms with Crippen molar-refractivity contribution in [3.8, 4) is 0 Å². The summed E-state index contributed by atoms with van der Waals surface area (Å²) in [4.78, 5) is 34.7. The van der Waals surface area contributed by atoms with Gasteiger partial charge in [0.1, 0.15) is 6.61 Å². The molecule has 0 fully saturated rings. The number of amides is 1. The number of carboxylic acids is 1. The monoisotopic (exact) mass is 427 g/mol. The van der Waals surface area contributed by atoms with E-state index in [2.05, 4.69) is 12.2 Å². The molecule has 1 amide bonds. The Kier molecular flexibility index (Phi) is 19.8. The van der Waals surface area contributed by atoms with E-state index < -0.39 is 18.5 Å². The number of ether oxygens (including phenoxy) is 1. The lowest BCUT2D eigenvalue weighted by molar-refractivity contribution is -0.143. The van der Waals surface area contributed by atoms with Gasteiger partial charge >= 0.3 is 5.97 Å². The number of Topliss-reactive ketones (excluding diaryl/α,β-unsaturated/α-hetero) is 1. The molecule has 2 N–H and O–H groups in total. The first-order valence-corrected chi connectivity index (χ1v) is 12.1. The third-order valence-corrected chi connectivity index (χ3v) is 5.30. The van der Waals surface area contributed by atoms with Crippen molar-refractivity contribution < 1.29 is 24.2 Å². The first-order valence-electron chi connectivity index (χ1n) is 12.1. The lowest BCUT2D eigenvalue weighted by Crippen LogP contribution is -2.42. The maximum Gasteiger partial charge on any atom is 0.329 e. The summed E-state index contributed by atoms with van der Waals surface area (Å²) in [6.45, 7) is 4.00. The molecule has 0 aromatic rings. The highest BCUT2D eigenvalue weighted by Crippen LogP contribution is 2.12. The van der Waals surface area contributed by atoms with E-state index in [9.17, 15) is 14.4 Å². The fourth-order valence-electron chi connectivity index (χ4n) is 3.44. The van der Waals surface area contributed by atoms with Crippen LogP contribution < -0.4 is 5.32 Å². The van der Waals surface area contributed by atoms with Crippen LogP contribution in [-0.2, 0) is 19.1 Å². The molecule has 30 heavy (non-hydrogen) atoms. The van der Waals surface area contributed by atoms with Crippen LogP contribution >= 0.6 is 0 Å². The molecule has 0 aliphatic carbocycles. The third-order valence-electron chi connectivity index (χ3n) is 5.30. The zero-order chi connectivity index (χ0) is 22.5. The normalized spacial score (nSPS) is 11.9. The van der Waals surface area contributed by atoms with Gasteiger partial charge in [0.25, 0.3) is 5.91 Å². The molecule has 6 nitrogen and oxygen atoms in total. The van der Waals surface area contributed by atoms with Crippen molar-refractivity contribution in [2.75, 3.05) is 13.2 Å². The van der Waals surface area contributed by atoms with E-state index in [1.54, 1.807) is 0 Å². The van der Waals surface area contributed by atoms with Gasteiger partial charge in [0, 0.05) is 6.42 Å². The first kappa shape index (κ1) is 28.6. The molecule has 0 aliphatic rings. The van der Waals surface area contributed by atoms with Crippen molar-refractivity contribution in [2.24, 2.45) is 0 Å². The molecular weight excluding hydrogens is 382 g/mol. The largest absolute Gasteiger partial charge is 0.480 e. The Labute approximate surface area is 183 Å². The molecule has 0 bridgehead atoms. The number of nitrogens with one attached hydrogen (secondary N) is 1. The van der Waals surface area contributed by atoms with Crippen LogP contribution in [0, 0.1) is 0 Å². The number of carbonyl (C=O) groups excluding carboxylic acids is 2. The quantitative estimate of drug-likeness (QED) is 0.178. The molecule has 0 aromatic carbocycles. The minimum Gasteiger partial charge on any atom is -0.480 e. The second-order valence-corrected chi connectivity index (χ2v) is 8.28. The van der Waals surface area contributed by atoms with E-state index in [0.717, 1.165) is 32.1 Å². The Hall–Kier alpha value is -1.43. The topological polar surface area (TPSA) is 92.7 Å². The predicted molar refractivity (Wildman–Crippen MR) is 121 cm³/mol. The Morgan fingerprint density at radius 3 is 1.77 bits per heavy atom. The summed E-state index contributed by atoms with van der Waals surface area (Å²) in [6.07, 6.45) is 17.5. The average Bonchev–Trinajstić information content (AvgIpc) is 2.72. The summed E-state index contributed by atoms with van der Waals surface area (Å²) in [5.74, 6) is -2.00. The zero-order valence-electron chi connectivity index (χ0n) is 19.4. The zero-order valence-corrected chi connectivity index (χ0v) is 19.4. The molecule has 0 radical (unpaired) electrons. The minimum absolute atomic E-state index is 0.115. The van der Waals surface area contributed by atoms with Gasteiger partial charge in [-0.2, -0.15) is 0 Å². The van der Waals surface area contributed by atoms with Crippen LogP contribution in [-0.4, -0.2) is 42.0 Å². The van der Waals surface area contributed by atoms with Gasteiger partial charge in [0.15, 0.2) is 0 Å². The van der Waals surface area contributed by atoms with Gasteiger partial charge in [-0.15, -0.1) is 0 Å². The van der Waals surface area contributed by atoms with Gasteiger partial charge in [-0.3, -0.25) is 9.59 Å². The highest BCUT2D eigenvalue weighted by molar-refractivity contribution is 6.36. The minimum atomic E-state index is -1.04. The maximum absolute atomic E-state index is 12.1. The fourth-order valence-corrected chi connectivity index (χ4v) is 3.44. The average molecular weight is 428 g/mol. The van der Waals surface area contributed by atoms with Crippen molar-refractivity contribution in [3.63, 3.8) is 0 Å². The van der Waals surface area contributed by atoms with Crippen LogP contribution in [0.25, 0.3) is 0 Å². The molecule has 0 aliphatic heterocycles. The van der Waals surface area contributed by atoms with Crippen LogP contribution in [0.2, 0.25) is 0 Å². The Morgan fingerprint density at radius 1 is 0.767 bits per heavy atom. The van der Waals surface area contributed by atoms with Crippen LogP contribution in [0.1, 0.15) is 117 Å². The molecule has 0 saturated heterocycles. The van der Waals surface area contributed by atoms with Gasteiger partial charge in [0.2, 0.25) is 5.78 Å². The second kappa shape index (κ2) is 20.8. The summed E-state index contributed by atoms with van der Waals surface area (Å²) in [6, 6.07) is -0.317. The summed E-state index contributed by atoms with van der Waals surface area (Å²) < 4.78 is 5.09. The van der Waals surface area contributed by atoms with E-state index in [1.165, 1.54) is 57.8 Å². The highest BCUT2D eigenvalue weighted by Gasteiger charge is 2.18. The van der Waals surface area contributed by atoms with Crippen molar-refractivity contribution >= 4 is 17.7 Å². The maximum atomic E-state index is 12.1. The van der Waals surface area contributed by atoms with Crippen molar-refractivity contribution in [1.82, 2.24) is 5.32 Å². The number of rotatable bonds is 22. The van der Waals surface area contributed by atoms with E-state index in [0.29, 0.717) is 6.42 Å².